The van der Waals surface area contributed by atoms with Crippen molar-refractivity contribution in [3.05, 3.63) is 63.5 Å². The molecule has 0 amide bonds. The van der Waals surface area contributed by atoms with Crippen LogP contribution in [0.3, 0.4) is 0 Å². The molecular weight excluding hydrogens is 268 g/mol. The topological polar surface area (TPSA) is 83.9 Å². The van der Waals surface area contributed by atoms with E-state index in [0.29, 0.717) is 12.2 Å². The fourth-order valence-electron chi connectivity index (χ4n) is 2.14. The van der Waals surface area contributed by atoms with Crippen LogP contribution in [0.5, 0.6) is 0 Å². The lowest BCUT2D eigenvalue weighted by Gasteiger charge is -2.13. The van der Waals surface area contributed by atoms with Crippen molar-refractivity contribution in [1.29, 1.82) is 5.26 Å². The highest BCUT2D eigenvalue weighted by atomic mass is 16.6. The highest BCUT2D eigenvalue weighted by Crippen LogP contribution is 2.19. The molecule has 0 radical (unpaired) electrons. The number of nitrogens with one attached hydrogen (secondary N) is 1. The quantitative estimate of drug-likeness (QED) is 0.675. The number of hydrogen-bond donors (Lipinski definition) is 1. The Balaban J connectivity index is 2.04. The van der Waals surface area contributed by atoms with Gasteiger partial charge in [0.1, 0.15) is 11.8 Å². The maximum Gasteiger partial charge on any atom is 0.269 e. The van der Waals surface area contributed by atoms with E-state index in [4.69, 9.17) is 5.26 Å². The molecule has 6 nitrogen and oxygen atoms in total. The standard InChI is InChI=1S/C15H16N4O2/c1-11(13-4-3-5-14(7-13)19(20)21)17-9-12-6-15(8-16)18(2)10-12/h3-7,10-11,17H,9H2,1-2H3. The van der Waals surface area contributed by atoms with Crippen LogP contribution in [0.4, 0.5) is 5.69 Å². The maximum atomic E-state index is 10.8. The smallest absolute Gasteiger partial charge is 0.269 e. The van der Waals surface area contributed by atoms with E-state index in [0.717, 1.165) is 11.1 Å². The molecule has 6 heteroatoms. The molecular formula is C15H16N4O2. The van der Waals surface area contributed by atoms with Crippen molar-refractivity contribution in [2.24, 2.45) is 7.05 Å². The van der Waals surface area contributed by atoms with Gasteiger partial charge in [-0.05, 0) is 24.1 Å². The molecule has 1 N–H and O–H groups in total. The number of benzene rings is 1. The van der Waals surface area contributed by atoms with Crippen LogP contribution < -0.4 is 5.32 Å². The van der Waals surface area contributed by atoms with Crippen LogP contribution in [0.15, 0.2) is 36.5 Å². The summed E-state index contributed by atoms with van der Waals surface area (Å²) in [7, 11) is 1.83. The predicted octanol–water partition coefficient (Wildman–Crippen LogP) is 2.66. The number of aryl methyl sites for hydroxylation is 1. The van der Waals surface area contributed by atoms with Gasteiger partial charge in [0, 0.05) is 38.0 Å². The number of nitrogens with zero attached hydrogens (tertiary/aromatic N) is 3. The summed E-state index contributed by atoms with van der Waals surface area (Å²) in [6.45, 7) is 2.55. The second-order valence-electron chi connectivity index (χ2n) is 4.91. The van der Waals surface area contributed by atoms with E-state index in [1.807, 2.05) is 32.3 Å². The molecule has 1 unspecified atom stereocenters. The van der Waals surface area contributed by atoms with E-state index in [1.165, 1.54) is 6.07 Å². The Morgan fingerprint density at radius 2 is 2.24 bits per heavy atom. The Morgan fingerprint density at radius 3 is 2.86 bits per heavy atom. The number of aromatic nitrogens is 1. The number of non-ortho nitro benzene ring substituents is 1. The average molecular weight is 284 g/mol. The highest BCUT2D eigenvalue weighted by Gasteiger charge is 2.11. The molecule has 0 bridgehead atoms. The van der Waals surface area contributed by atoms with Crippen molar-refractivity contribution >= 4 is 5.69 Å². The fraction of sp³-hybridized carbons (Fsp3) is 0.267. The van der Waals surface area contributed by atoms with Gasteiger partial charge in [0.2, 0.25) is 0 Å². The molecule has 0 saturated heterocycles. The Labute approximate surface area is 122 Å². The van der Waals surface area contributed by atoms with Crippen LogP contribution in [0, 0.1) is 21.4 Å². The van der Waals surface area contributed by atoms with Gasteiger partial charge in [0.25, 0.3) is 5.69 Å². The zero-order valence-electron chi connectivity index (χ0n) is 11.9. The van der Waals surface area contributed by atoms with Crippen LogP contribution in [-0.2, 0) is 13.6 Å². The molecule has 1 aromatic carbocycles. The largest absolute Gasteiger partial charge is 0.342 e. The van der Waals surface area contributed by atoms with Crippen molar-refractivity contribution in [1.82, 2.24) is 9.88 Å². The van der Waals surface area contributed by atoms with E-state index in [-0.39, 0.29) is 11.7 Å². The van der Waals surface area contributed by atoms with Crippen molar-refractivity contribution in [2.45, 2.75) is 19.5 Å². The third kappa shape index (κ3) is 3.46. The molecule has 0 spiro atoms. The Kier molecular flexibility index (Phi) is 4.36. The molecule has 0 aliphatic rings. The van der Waals surface area contributed by atoms with Crippen LogP contribution in [0.1, 0.15) is 29.8 Å². The number of nitriles is 1. The van der Waals surface area contributed by atoms with Crippen molar-refractivity contribution < 1.29 is 4.92 Å². The van der Waals surface area contributed by atoms with Gasteiger partial charge in [-0.25, -0.2) is 0 Å². The summed E-state index contributed by atoms with van der Waals surface area (Å²) in [5.41, 5.74) is 2.56. The van der Waals surface area contributed by atoms with E-state index >= 15 is 0 Å². The van der Waals surface area contributed by atoms with Gasteiger partial charge in [-0.3, -0.25) is 10.1 Å². The second-order valence-corrected chi connectivity index (χ2v) is 4.91. The molecule has 0 aliphatic heterocycles. The van der Waals surface area contributed by atoms with Gasteiger partial charge in [-0.1, -0.05) is 12.1 Å². The summed E-state index contributed by atoms with van der Waals surface area (Å²) in [6, 6.07) is 10.5. The average Bonchev–Trinajstić information content (AvgIpc) is 2.85. The van der Waals surface area contributed by atoms with Gasteiger partial charge in [-0.2, -0.15) is 5.26 Å². The first-order chi connectivity index (χ1) is 10.0. The minimum absolute atomic E-state index is 0.0179. The van der Waals surface area contributed by atoms with E-state index in [2.05, 4.69) is 11.4 Å². The van der Waals surface area contributed by atoms with Gasteiger partial charge in [0.05, 0.1) is 4.92 Å². The van der Waals surface area contributed by atoms with E-state index < -0.39 is 4.92 Å². The SMILES string of the molecule is CC(NCc1cc(C#N)n(C)c1)c1cccc([N+](=O)[O-])c1. The number of nitro benzene ring substituents is 1. The first-order valence-corrected chi connectivity index (χ1v) is 6.54. The molecule has 0 saturated carbocycles. The number of nitro groups is 1. The zero-order valence-corrected chi connectivity index (χ0v) is 11.9. The third-order valence-electron chi connectivity index (χ3n) is 3.37. The Bertz CT molecular complexity index is 700. The lowest BCUT2D eigenvalue weighted by atomic mass is 10.1. The van der Waals surface area contributed by atoms with Crippen molar-refractivity contribution in [3.8, 4) is 6.07 Å². The first-order valence-electron chi connectivity index (χ1n) is 6.54. The lowest BCUT2D eigenvalue weighted by molar-refractivity contribution is -0.384. The Hall–Kier alpha value is -2.65. The second kappa shape index (κ2) is 6.20. The minimum Gasteiger partial charge on any atom is -0.342 e. The van der Waals surface area contributed by atoms with E-state index in [1.54, 1.807) is 16.7 Å². The zero-order chi connectivity index (χ0) is 15.4. The molecule has 2 rings (SSSR count). The minimum atomic E-state index is -0.396. The van der Waals surface area contributed by atoms with E-state index in [9.17, 15) is 10.1 Å². The maximum absolute atomic E-state index is 10.8. The molecule has 0 fully saturated rings. The monoisotopic (exact) mass is 284 g/mol. The predicted molar refractivity (Wildman–Crippen MR) is 78.5 cm³/mol. The summed E-state index contributed by atoms with van der Waals surface area (Å²) >= 11 is 0. The van der Waals surface area contributed by atoms with Crippen LogP contribution in [0.2, 0.25) is 0 Å². The van der Waals surface area contributed by atoms with Gasteiger partial charge >= 0.3 is 0 Å². The number of hydrogen-bond acceptors (Lipinski definition) is 4. The van der Waals surface area contributed by atoms with Crippen molar-refractivity contribution in [3.63, 3.8) is 0 Å². The first kappa shape index (κ1) is 14.8. The molecule has 1 heterocycles. The van der Waals surface area contributed by atoms with Crippen LogP contribution in [0.25, 0.3) is 0 Å². The third-order valence-corrected chi connectivity index (χ3v) is 3.37. The molecule has 1 aromatic heterocycles. The van der Waals surface area contributed by atoms with Gasteiger partial charge in [-0.15, -0.1) is 0 Å². The summed E-state index contributed by atoms with van der Waals surface area (Å²) in [5, 5.41) is 23.0. The van der Waals surface area contributed by atoms with Gasteiger partial charge in [0.15, 0.2) is 0 Å². The molecule has 21 heavy (non-hydrogen) atoms. The summed E-state index contributed by atoms with van der Waals surface area (Å²) in [5.74, 6) is 0. The Morgan fingerprint density at radius 1 is 1.48 bits per heavy atom. The molecule has 2 aromatic rings. The van der Waals surface area contributed by atoms with Crippen LogP contribution in [-0.4, -0.2) is 9.49 Å². The number of rotatable bonds is 5. The molecule has 0 aliphatic carbocycles. The lowest BCUT2D eigenvalue weighted by Crippen LogP contribution is -2.17. The fourth-order valence-corrected chi connectivity index (χ4v) is 2.14. The van der Waals surface area contributed by atoms with Crippen LogP contribution >= 0.6 is 0 Å². The summed E-state index contributed by atoms with van der Waals surface area (Å²) < 4.78 is 1.77. The normalized spacial score (nSPS) is 11.9. The highest BCUT2D eigenvalue weighted by molar-refractivity contribution is 5.35. The summed E-state index contributed by atoms with van der Waals surface area (Å²) in [6.07, 6.45) is 1.89. The van der Waals surface area contributed by atoms with Gasteiger partial charge < -0.3 is 9.88 Å². The molecule has 108 valence electrons. The summed E-state index contributed by atoms with van der Waals surface area (Å²) in [4.78, 5) is 10.4. The van der Waals surface area contributed by atoms with Crippen molar-refractivity contribution in [2.75, 3.05) is 0 Å². The molecule has 1 atom stereocenters.